The Morgan fingerprint density at radius 2 is 2.33 bits per heavy atom. The monoisotopic (exact) mass is 282 g/mol. The highest BCUT2D eigenvalue weighted by Gasteiger charge is 2.22. The van der Waals surface area contributed by atoms with Crippen molar-refractivity contribution in [1.82, 2.24) is 14.8 Å². The summed E-state index contributed by atoms with van der Waals surface area (Å²) < 4.78 is 2.89. The average Bonchev–Trinajstić information content (AvgIpc) is 2.94. The summed E-state index contributed by atoms with van der Waals surface area (Å²) in [5.41, 5.74) is 8.47. The first-order valence-corrected chi connectivity index (χ1v) is 7.69. The molecule has 0 aromatic carbocycles. The van der Waals surface area contributed by atoms with Gasteiger partial charge in [0.2, 0.25) is 0 Å². The first-order chi connectivity index (χ1) is 8.60. The maximum absolute atomic E-state index is 6.23. The van der Waals surface area contributed by atoms with E-state index >= 15 is 0 Å². The van der Waals surface area contributed by atoms with Crippen LogP contribution in [0.5, 0.6) is 0 Å². The van der Waals surface area contributed by atoms with Gasteiger partial charge in [0.15, 0.2) is 4.34 Å². The van der Waals surface area contributed by atoms with E-state index in [0.717, 1.165) is 16.5 Å². The number of nitrogens with two attached hydrogens (primary N) is 1. The number of aryl methyl sites for hydroxylation is 2. The van der Waals surface area contributed by atoms with E-state index < -0.39 is 0 Å². The van der Waals surface area contributed by atoms with Gasteiger partial charge in [0.05, 0.1) is 11.4 Å². The van der Waals surface area contributed by atoms with E-state index in [4.69, 9.17) is 5.73 Å². The Morgan fingerprint density at radius 1 is 1.56 bits per heavy atom. The lowest BCUT2D eigenvalue weighted by molar-refractivity contribution is 0.633. The third kappa shape index (κ3) is 3.13. The van der Waals surface area contributed by atoms with E-state index in [2.05, 4.69) is 22.4 Å². The Morgan fingerprint density at radius 3 is 2.83 bits per heavy atom. The fourth-order valence-corrected chi connectivity index (χ4v) is 3.94. The molecule has 2 N–H and O–H groups in total. The van der Waals surface area contributed by atoms with Crippen LogP contribution in [0.3, 0.4) is 0 Å². The van der Waals surface area contributed by atoms with Crippen LogP contribution in [0.1, 0.15) is 29.9 Å². The van der Waals surface area contributed by atoms with Gasteiger partial charge in [-0.15, -0.1) is 11.3 Å². The molecule has 2 aromatic rings. The van der Waals surface area contributed by atoms with Gasteiger partial charge in [-0.3, -0.25) is 4.68 Å². The molecule has 0 spiro atoms. The quantitative estimate of drug-likeness (QED) is 0.857. The maximum atomic E-state index is 6.23. The van der Waals surface area contributed by atoms with Crippen LogP contribution in [0.25, 0.3) is 0 Å². The van der Waals surface area contributed by atoms with Crippen molar-refractivity contribution >= 4 is 23.1 Å². The highest BCUT2D eigenvalue weighted by Crippen LogP contribution is 2.39. The molecule has 0 saturated carbocycles. The minimum absolute atomic E-state index is 0.114. The smallest absolute Gasteiger partial charge is 0.150 e. The van der Waals surface area contributed by atoms with Crippen LogP contribution in [0.4, 0.5) is 0 Å². The molecule has 2 aromatic heterocycles. The molecule has 0 aliphatic heterocycles. The minimum Gasteiger partial charge on any atom is -0.326 e. The van der Waals surface area contributed by atoms with Crippen molar-refractivity contribution in [1.29, 1.82) is 0 Å². The molecule has 18 heavy (non-hydrogen) atoms. The summed E-state index contributed by atoms with van der Waals surface area (Å²) in [5, 5.41) is 6.52. The second-order valence-electron chi connectivity index (χ2n) is 4.31. The van der Waals surface area contributed by atoms with Gasteiger partial charge in [-0.25, -0.2) is 4.98 Å². The number of aromatic nitrogens is 3. The number of hydrogen-bond acceptors (Lipinski definition) is 5. The van der Waals surface area contributed by atoms with Gasteiger partial charge in [-0.05, 0) is 13.3 Å². The van der Waals surface area contributed by atoms with E-state index in [1.165, 1.54) is 5.56 Å². The molecule has 0 aliphatic carbocycles. The SMILES string of the molecule is CCC(N)C(Sc1nc(C)cs1)c1cnn(C)c1. The standard InChI is InChI=1S/C12H18N4S2/c1-4-10(13)11(9-5-14-16(3)6-9)18-12-15-8(2)7-17-12/h5-7,10-11H,4,13H2,1-3H3. The zero-order valence-corrected chi connectivity index (χ0v) is 12.5. The first-order valence-electron chi connectivity index (χ1n) is 5.93. The summed E-state index contributed by atoms with van der Waals surface area (Å²) in [7, 11) is 1.93. The van der Waals surface area contributed by atoms with Crippen LogP contribution in [0.2, 0.25) is 0 Å². The molecule has 6 heteroatoms. The van der Waals surface area contributed by atoms with Crippen molar-refractivity contribution in [2.75, 3.05) is 0 Å². The van der Waals surface area contributed by atoms with Crippen LogP contribution >= 0.6 is 23.1 Å². The Labute approximate surface area is 116 Å². The van der Waals surface area contributed by atoms with Gasteiger partial charge >= 0.3 is 0 Å². The average molecular weight is 282 g/mol. The molecule has 98 valence electrons. The van der Waals surface area contributed by atoms with Gasteiger partial charge in [0, 0.05) is 35.9 Å². The van der Waals surface area contributed by atoms with Crippen molar-refractivity contribution in [2.24, 2.45) is 12.8 Å². The van der Waals surface area contributed by atoms with E-state index in [1.807, 2.05) is 31.0 Å². The van der Waals surface area contributed by atoms with E-state index in [0.29, 0.717) is 0 Å². The summed E-state index contributed by atoms with van der Waals surface area (Å²) >= 11 is 3.41. The molecule has 0 bridgehead atoms. The number of nitrogens with zero attached hydrogens (tertiary/aromatic N) is 3. The highest BCUT2D eigenvalue weighted by molar-refractivity contribution is 8.01. The third-order valence-electron chi connectivity index (χ3n) is 2.74. The van der Waals surface area contributed by atoms with Crippen molar-refractivity contribution < 1.29 is 0 Å². The van der Waals surface area contributed by atoms with Crippen LogP contribution in [-0.2, 0) is 7.05 Å². The van der Waals surface area contributed by atoms with Crippen molar-refractivity contribution in [3.05, 3.63) is 29.0 Å². The van der Waals surface area contributed by atoms with Crippen LogP contribution in [0, 0.1) is 6.92 Å². The second kappa shape index (κ2) is 5.86. The molecule has 0 aliphatic rings. The molecule has 0 fully saturated rings. The van der Waals surface area contributed by atoms with Crippen molar-refractivity contribution in [3.8, 4) is 0 Å². The van der Waals surface area contributed by atoms with Gasteiger partial charge < -0.3 is 5.73 Å². The number of hydrogen-bond donors (Lipinski definition) is 1. The molecule has 4 nitrogen and oxygen atoms in total. The molecule has 2 rings (SSSR count). The zero-order chi connectivity index (χ0) is 13.1. The van der Waals surface area contributed by atoms with Gasteiger partial charge in [0.25, 0.3) is 0 Å². The Hall–Kier alpha value is -0.850. The summed E-state index contributed by atoms with van der Waals surface area (Å²) in [6.45, 7) is 4.13. The van der Waals surface area contributed by atoms with Gasteiger partial charge in [-0.1, -0.05) is 18.7 Å². The fourth-order valence-electron chi connectivity index (χ4n) is 1.70. The highest BCUT2D eigenvalue weighted by atomic mass is 32.2. The van der Waals surface area contributed by atoms with Gasteiger partial charge in [-0.2, -0.15) is 5.10 Å². The Bertz CT molecular complexity index is 506. The topological polar surface area (TPSA) is 56.7 Å². The first kappa shape index (κ1) is 13.6. The molecule has 0 saturated heterocycles. The molecule has 0 radical (unpaired) electrons. The zero-order valence-electron chi connectivity index (χ0n) is 10.8. The molecular formula is C12H18N4S2. The minimum atomic E-state index is 0.114. The summed E-state index contributed by atoms with van der Waals surface area (Å²) in [6.07, 6.45) is 4.87. The predicted molar refractivity (Wildman–Crippen MR) is 76.9 cm³/mol. The predicted octanol–water partition coefficient (Wildman–Crippen LogP) is 2.76. The summed E-state index contributed by atoms with van der Waals surface area (Å²) in [6, 6.07) is 0.114. The summed E-state index contributed by atoms with van der Waals surface area (Å²) in [4.78, 5) is 4.50. The van der Waals surface area contributed by atoms with Gasteiger partial charge in [0.1, 0.15) is 0 Å². The fraction of sp³-hybridized carbons (Fsp3) is 0.500. The molecule has 0 amide bonds. The van der Waals surface area contributed by atoms with E-state index in [-0.39, 0.29) is 11.3 Å². The maximum Gasteiger partial charge on any atom is 0.150 e. The number of thiazole rings is 1. The number of thioether (sulfide) groups is 1. The number of rotatable bonds is 5. The van der Waals surface area contributed by atoms with Crippen molar-refractivity contribution in [2.45, 2.75) is 35.9 Å². The normalized spacial score (nSPS) is 14.7. The van der Waals surface area contributed by atoms with Crippen molar-refractivity contribution in [3.63, 3.8) is 0 Å². The van der Waals surface area contributed by atoms with Crippen LogP contribution < -0.4 is 5.73 Å². The lowest BCUT2D eigenvalue weighted by Crippen LogP contribution is -2.25. The molecule has 2 atom stereocenters. The second-order valence-corrected chi connectivity index (χ2v) is 6.56. The van der Waals surface area contributed by atoms with Crippen LogP contribution in [0.15, 0.2) is 22.1 Å². The Balaban J connectivity index is 2.20. The molecule has 2 heterocycles. The lowest BCUT2D eigenvalue weighted by Gasteiger charge is -2.19. The third-order valence-corrected chi connectivity index (χ3v) is 5.24. The van der Waals surface area contributed by atoms with E-state index in [9.17, 15) is 0 Å². The molecular weight excluding hydrogens is 264 g/mol. The molecule has 2 unspecified atom stereocenters. The Kier molecular flexibility index (Phi) is 4.42. The van der Waals surface area contributed by atoms with Crippen LogP contribution in [-0.4, -0.2) is 20.8 Å². The summed E-state index contributed by atoms with van der Waals surface area (Å²) in [5.74, 6) is 0. The van der Waals surface area contributed by atoms with E-state index in [1.54, 1.807) is 23.1 Å². The largest absolute Gasteiger partial charge is 0.326 e. The lowest BCUT2D eigenvalue weighted by atomic mass is 10.1.